The van der Waals surface area contributed by atoms with Gasteiger partial charge in [0.25, 0.3) is 0 Å². The van der Waals surface area contributed by atoms with Gasteiger partial charge in [0.1, 0.15) is 5.69 Å². The maximum absolute atomic E-state index is 6.07. The van der Waals surface area contributed by atoms with Crippen LogP contribution in [0.2, 0.25) is 10.0 Å². The second-order valence-corrected chi connectivity index (χ2v) is 3.81. The summed E-state index contributed by atoms with van der Waals surface area (Å²) in [7, 11) is 0. The van der Waals surface area contributed by atoms with E-state index in [1.807, 2.05) is 0 Å². The molecule has 82 valence electrons. The number of rotatable bonds is 2. The Bertz CT molecular complexity index is 496. The number of nitrogens with zero attached hydrogens (tertiary/aromatic N) is 2. The van der Waals surface area contributed by atoms with Gasteiger partial charge < -0.3 is 5.43 Å². The van der Waals surface area contributed by atoms with Gasteiger partial charge in [-0.1, -0.05) is 29.3 Å². The Kier molecular flexibility index (Phi) is 3.24. The molecule has 16 heavy (non-hydrogen) atoms. The lowest BCUT2D eigenvalue weighted by Gasteiger charge is -2.09. The lowest BCUT2D eigenvalue weighted by Crippen LogP contribution is -2.10. The summed E-state index contributed by atoms with van der Waals surface area (Å²) < 4.78 is 0. The molecule has 4 nitrogen and oxygen atoms in total. The molecule has 0 saturated carbocycles. The Balaban J connectivity index is 2.67. The van der Waals surface area contributed by atoms with E-state index in [0.717, 1.165) is 0 Å². The molecule has 0 bridgehead atoms. The maximum Gasteiger partial charge on any atom is 0.166 e. The molecule has 0 atom stereocenters. The molecule has 2 aromatic rings. The van der Waals surface area contributed by atoms with Crippen molar-refractivity contribution in [3.05, 3.63) is 40.6 Å². The summed E-state index contributed by atoms with van der Waals surface area (Å²) in [5.41, 5.74) is 3.60. The molecular weight excluding hydrogens is 247 g/mol. The molecule has 0 unspecified atom stereocenters. The number of halogens is 2. The monoisotopic (exact) mass is 254 g/mol. The lowest BCUT2D eigenvalue weighted by atomic mass is 10.1. The van der Waals surface area contributed by atoms with E-state index in [1.54, 1.807) is 24.4 Å². The fraction of sp³-hybridized carbons (Fsp3) is 0. The van der Waals surface area contributed by atoms with Crippen molar-refractivity contribution >= 4 is 29.0 Å². The van der Waals surface area contributed by atoms with Crippen LogP contribution in [0.3, 0.4) is 0 Å². The quantitative estimate of drug-likeness (QED) is 0.639. The number of aromatic nitrogens is 2. The van der Waals surface area contributed by atoms with Crippen molar-refractivity contribution in [1.82, 2.24) is 9.97 Å². The van der Waals surface area contributed by atoms with Crippen LogP contribution in [0.15, 0.2) is 30.6 Å². The van der Waals surface area contributed by atoms with Crippen LogP contribution in [0, 0.1) is 0 Å². The van der Waals surface area contributed by atoms with Gasteiger partial charge in [0.15, 0.2) is 5.82 Å². The Labute approximate surface area is 102 Å². The van der Waals surface area contributed by atoms with E-state index in [0.29, 0.717) is 27.1 Å². The normalized spacial score (nSPS) is 10.2. The summed E-state index contributed by atoms with van der Waals surface area (Å²) in [6, 6.07) is 5.23. The smallest absolute Gasteiger partial charge is 0.166 e. The van der Waals surface area contributed by atoms with Crippen molar-refractivity contribution in [1.29, 1.82) is 0 Å². The van der Waals surface area contributed by atoms with Crippen LogP contribution in [0.4, 0.5) is 5.82 Å². The van der Waals surface area contributed by atoms with Crippen molar-refractivity contribution in [2.24, 2.45) is 5.84 Å². The molecular formula is C10H8Cl2N4. The molecule has 0 aliphatic carbocycles. The zero-order valence-corrected chi connectivity index (χ0v) is 9.63. The van der Waals surface area contributed by atoms with Crippen LogP contribution in [0.1, 0.15) is 0 Å². The van der Waals surface area contributed by atoms with E-state index in [1.165, 1.54) is 6.20 Å². The second-order valence-electron chi connectivity index (χ2n) is 2.99. The molecule has 1 heterocycles. The number of hydrazine groups is 1. The van der Waals surface area contributed by atoms with Gasteiger partial charge in [-0.05, 0) is 12.1 Å². The van der Waals surface area contributed by atoms with Crippen molar-refractivity contribution < 1.29 is 0 Å². The summed E-state index contributed by atoms with van der Waals surface area (Å²) in [6.45, 7) is 0. The van der Waals surface area contributed by atoms with Gasteiger partial charge in [-0.3, -0.25) is 4.98 Å². The standard InChI is InChI=1S/C10H8Cl2N4/c11-6-2-1-3-7(12)8(6)9-10(16-13)15-5-4-14-9/h1-5H,13H2,(H,15,16). The summed E-state index contributed by atoms with van der Waals surface area (Å²) in [4.78, 5) is 8.21. The number of nitrogens with two attached hydrogens (primary N) is 1. The summed E-state index contributed by atoms with van der Waals surface area (Å²) in [5.74, 6) is 5.78. The fourth-order valence-electron chi connectivity index (χ4n) is 1.35. The summed E-state index contributed by atoms with van der Waals surface area (Å²) in [6.07, 6.45) is 3.08. The molecule has 0 saturated heterocycles. The number of hydrogen-bond donors (Lipinski definition) is 2. The third-order valence-corrected chi connectivity index (χ3v) is 2.66. The Hall–Kier alpha value is -1.36. The minimum Gasteiger partial charge on any atom is -0.307 e. The highest BCUT2D eigenvalue weighted by molar-refractivity contribution is 6.39. The van der Waals surface area contributed by atoms with Crippen LogP contribution in [-0.4, -0.2) is 9.97 Å². The van der Waals surface area contributed by atoms with E-state index in [2.05, 4.69) is 15.4 Å². The average molecular weight is 255 g/mol. The Morgan fingerprint density at radius 3 is 2.31 bits per heavy atom. The number of benzene rings is 1. The predicted octanol–water partition coefficient (Wildman–Crippen LogP) is 2.74. The largest absolute Gasteiger partial charge is 0.307 e. The molecule has 1 aromatic carbocycles. The zero-order chi connectivity index (χ0) is 11.5. The molecule has 3 N–H and O–H groups in total. The third kappa shape index (κ3) is 1.95. The number of hydrogen-bond acceptors (Lipinski definition) is 4. The van der Waals surface area contributed by atoms with Gasteiger partial charge in [-0.2, -0.15) is 0 Å². The van der Waals surface area contributed by atoms with Gasteiger partial charge in [0, 0.05) is 18.0 Å². The van der Waals surface area contributed by atoms with Crippen LogP contribution >= 0.6 is 23.2 Å². The first-order valence-corrected chi connectivity index (χ1v) is 5.21. The van der Waals surface area contributed by atoms with Gasteiger partial charge in [-0.25, -0.2) is 10.8 Å². The Morgan fingerprint density at radius 2 is 1.69 bits per heavy atom. The van der Waals surface area contributed by atoms with Crippen molar-refractivity contribution in [3.63, 3.8) is 0 Å². The molecule has 2 rings (SSSR count). The second kappa shape index (κ2) is 4.65. The lowest BCUT2D eigenvalue weighted by molar-refractivity contribution is 1.16. The number of nitrogen functional groups attached to an aromatic ring is 1. The van der Waals surface area contributed by atoms with E-state index in [-0.39, 0.29) is 0 Å². The number of anilines is 1. The van der Waals surface area contributed by atoms with E-state index in [4.69, 9.17) is 29.0 Å². The van der Waals surface area contributed by atoms with Gasteiger partial charge >= 0.3 is 0 Å². The molecule has 0 aliphatic heterocycles. The minimum atomic E-state index is 0.428. The topological polar surface area (TPSA) is 63.8 Å². The molecule has 1 aromatic heterocycles. The van der Waals surface area contributed by atoms with Crippen LogP contribution in [-0.2, 0) is 0 Å². The molecule has 0 fully saturated rings. The SMILES string of the molecule is NNc1nccnc1-c1c(Cl)cccc1Cl. The summed E-state index contributed by atoms with van der Waals surface area (Å²) in [5, 5.41) is 1.01. The van der Waals surface area contributed by atoms with Gasteiger partial charge in [0.05, 0.1) is 10.0 Å². The highest BCUT2D eigenvalue weighted by Gasteiger charge is 2.13. The highest BCUT2D eigenvalue weighted by atomic mass is 35.5. The average Bonchev–Trinajstić information content (AvgIpc) is 2.29. The van der Waals surface area contributed by atoms with Crippen molar-refractivity contribution in [2.75, 3.05) is 5.43 Å². The summed E-state index contributed by atoms with van der Waals surface area (Å²) >= 11 is 12.1. The Morgan fingerprint density at radius 1 is 1.06 bits per heavy atom. The molecule has 6 heteroatoms. The molecule has 0 radical (unpaired) electrons. The first-order valence-electron chi connectivity index (χ1n) is 4.46. The van der Waals surface area contributed by atoms with E-state index in [9.17, 15) is 0 Å². The van der Waals surface area contributed by atoms with Gasteiger partial charge in [-0.15, -0.1) is 0 Å². The minimum absolute atomic E-state index is 0.428. The first kappa shape index (κ1) is 11.1. The molecule has 0 amide bonds. The van der Waals surface area contributed by atoms with Crippen molar-refractivity contribution in [2.45, 2.75) is 0 Å². The van der Waals surface area contributed by atoms with E-state index >= 15 is 0 Å². The molecule has 0 spiro atoms. The highest BCUT2D eigenvalue weighted by Crippen LogP contribution is 2.35. The van der Waals surface area contributed by atoms with Gasteiger partial charge in [0.2, 0.25) is 0 Å². The van der Waals surface area contributed by atoms with Crippen LogP contribution in [0.25, 0.3) is 11.3 Å². The fourth-order valence-corrected chi connectivity index (χ4v) is 1.93. The van der Waals surface area contributed by atoms with Crippen LogP contribution < -0.4 is 11.3 Å². The first-order chi connectivity index (χ1) is 7.74. The third-order valence-electron chi connectivity index (χ3n) is 2.03. The van der Waals surface area contributed by atoms with Crippen LogP contribution in [0.5, 0.6) is 0 Å². The zero-order valence-electron chi connectivity index (χ0n) is 8.11. The molecule has 0 aliphatic rings. The maximum atomic E-state index is 6.07. The van der Waals surface area contributed by atoms with E-state index < -0.39 is 0 Å². The van der Waals surface area contributed by atoms with Crippen molar-refractivity contribution in [3.8, 4) is 11.3 Å². The predicted molar refractivity (Wildman–Crippen MR) is 65.3 cm³/mol. The number of nitrogens with one attached hydrogen (secondary N) is 1.